The van der Waals surface area contributed by atoms with Crippen LogP contribution >= 0.6 is 0 Å². The average Bonchev–Trinajstić information content (AvgIpc) is 3.30. The van der Waals surface area contributed by atoms with E-state index in [-0.39, 0.29) is 6.03 Å². The second-order valence-corrected chi connectivity index (χ2v) is 7.04. The predicted molar refractivity (Wildman–Crippen MR) is 103 cm³/mol. The highest BCUT2D eigenvalue weighted by Crippen LogP contribution is 2.26. The molecule has 1 saturated heterocycles. The van der Waals surface area contributed by atoms with Gasteiger partial charge in [-0.1, -0.05) is 42.5 Å². The zero-order valence-electron chi connectivity index (χ0n) is 15.1. The van der Waals surface area contributed by atoms with Crippen LogP contribution in [0.5, 0.6) is 0 Å². The van der Waals surface area contributed by atoms with Crippen molar-refractivity contribution in [2.24, 2.45) is 7.05 Å². The first kappa shape index (κ1) is 16.6. The number of nitrogens with one attached hydrogen (secondary N) is 1. The molecule has 1 aliphatic rings. The first-order valence-corrected chi connectivity index (χ1v) is 9.18. The van der Waals surface area contributed by atoms with Gasteiger partial charge in [0.2, 0.25) is 0 Å². The molecule has 0 bridgehead atoms. The number of aryl methyl sites for hydroxylation is 1. The van der Waals surface area contributed by atoms with Crippen molar-refractivity contribution in [1.29, 1.82) is 0 Å². The van der Waals surface area contributed by atoms with Crippen molar-refractivity contribution in [3.8, 4) is 0 Å². The zero-order valence-corrected chi connectivity index (χ0v) is 15.1. The van der Waals surface area contributed by atoms with Gasteiger partial charge in [-0.25, -0.2) is 4.79 Å². The van der Waals surface area contributed by atoms with Crippen LogP contribution in [0.25, 0.3) is 10.8 Å². The minimum Gasteiger partial charge on any atom is -0.338 e. The van der Waals surface area contributed by atoms with Crippen molar-refractivity contribution in [3.05, 3.63) is 66.0 Å². The summed E-state index contributed by atoms with van der Waals surface area (Å²) in [6, 6.07) is 14.9. The molecular weight excluding hydrogens is 324 g/mol. The molecule has 1 unspecified atom stereocenters. The molecule has 2 aromatic carbocycles. The lowest BCUT2D eigenvalue weighted by atomic mass is 10.0. The molecule has 4 rings (SSSR count). The van der Waals surface area contributed by atoms with Crippen LogP contribution in [0.1, 0.15) is 23.5 Å². The number of amides is 2. The molecule has 134 valence electrons. The molecule has 0 spiro atoms. The highest BCUT2D eigenvalue weighted by molar-refractivity contribution is 5.83. The van der Waals surface area contributed by atoms with Crippen molar-refractivity contribution in [3.63, 3.8) is 0 Å². The van der Waals surface area contributed by atoms with Gasteiger partial charge in [0.15, 0.2) is 0 Å². The van der Waals surface area contributed by atoms with E-state index in [1.165, 1.54) is 21.9 Å². The summed E-state index contributed by atoms with van der Waals surface area (Å²) in [6.45, 7) is 2.24. The number of hydrogen-bond acceptors (Lipinski definition) is 2. The lowest BCUT2D eigenvalue weighted by Crippen LogP contribution is -2.39. The Hall–Kier alpha value is -2.82. The number of nitrogens with zero attached hydrogens (tertiary/aromatic N) is 3. The molecule has 1 fully saturated rings. The average molecular weight is 348 g/mol. The maximum absolute atomic E-state index is 12.4. The number of fused-ring (bicyclic) bond motifs is 1. The Bertz CT molecular complexity index is 917. The van der Waals surface area contributed by atoms with Crippen LogP contribution in [-0.2, 0) is 13.5 Å². The third-order valence-corrected chi connectivity index (χ3v) is 5.18. The number of carbonyl (C=O) groups is 1. The summed E-state index contributed by atoms with van der Waals surface area (Å²) in [4.78, 5) is 14.3. The highest BCUT2D eigenvalue weighted by Gasteiger charge is 2.27. The third kappa shape index (κ3) is 3.57. The van der Waals surface area contributed by atoms with E-state index in [0.717, 1.165) is 25.9 Å². The van der Waals surface area contributed by atoms with Crippen LogP contribution in [0.15, 0.2) is 54.9 Å². The van der Waals surface area contributed by atoms with Gasteiger partial charge >= 0.3 is 6.03 Å². The second kappa shape index (κ2) is 7.20. The lowest BCUT2D eigenvalue weighted by molar-refractivity contribution is 0.208. The summed E-state index contributed by atoms with van der Waals surface area (Å²) >= 11 is 0. The van der Waals surface area contributed by atoms with Gasteiger partial charge in [-0.15, -0.1) is 0 Å². The SMILES string of the molecule is Cn1cc(C2CCN(C(=O)NCCc3ccc4ccccc4c3)C2)cn1. The van der Waals surface area contributed by atoms with E-state index in [4.69, 9.17) is 0 Å². The zero-order chi connectivity index (χ0) is 17.9. The van der Waals surface area contributed by atoms with E-state index in [0.29, 0.717) is 12.5 Å². The lowest BCUT2D eigenvalue weighted by Gasteiger charge is -2.17. The number of likely N-dealkylation sites (tertiary alicyclic amines) is 1. The Kier molecular flexibility index (Phi) is 4.61. The minimum atomic E-state index is 0.0391. The molecule has 0 radical (unpaired) electrons. The summed E-state index contributed by atoms with van der Waals surface area (Å²) in [7, 11) is 1.93. The third-order valence-electron chi connectivity index (χ3n) is 5.18. The summed E-state index contributed by atoms with van der Waals surface area (Å²) in [6.07, 6.45) is 5.80. The quantitative estimate of drug-likeness (QED) is 0.786. The molecule has 2 heterocycles. The van der Waals surface area contributed by atoms with E-state index in [2.05, 4.69) is 52.9 Å². The van der Waals surface area contributed by atoms with Crippen molar-refractivity contribution < 1.29 is 4.79 Å². The van der Waals surface area contributed by atoms with E-state index in [1.54, 1.807) is 0 Å². The summed E-state index contributed by atoms with van der Waals surface area (Å²) in [5, 5.41) is 9.79. The van der Waals surface area contributed by atoms with Gasteiger partial charge in [-0.05, 0) is 34.7 Å². The van der Waals surface area contributed by atoms with Gasteiger partial charge in [-0.3, -0.25) is 4.68 Å². The Balaban J connectivity index is 1.28. The molecule has 3 aromatic rings. The van der Waals surface area contributed by atoms with Crippen LogP contribution in [0.4, 0.5) is 4.79 Å². The van der Waals surface area contributed by atoms with Crippen LogP contribution in [0, 0.1) is 0 Å². The molecule has 1 N–H and O–H groups in total. The first-order chi connectivity index (χ1) is 12.7. The smallest absolute Gasteiger partial charge is 0.317 e. The summed E-state index contributed by atoms with van der Waals surface area (Å²) in [5.74, 6) is 0.398. The van der Waals surface area contributed by atoms with Gasteiger partial charge in [0, 0.05) is 38.8 Å². The normalized spacial score (nSPS) is 17.0. The fourth-order valence-electron chi connectivity index (χ4n) is 3.69. The molecule has 1 aromatic heterocycles. The largest absolute Gasteiger partial charge is 0.338 e. The van der Waals surface area contributed by atoms with Gasteiger partial charge in [0.1, 0.15) is 0 Å². The molecule has 5 heteroatoms. The number of aromatic nitrogens is 2. The number of urea groups is 1. The molecular formula is C21H24N4O. The summed E-state index contributed by atoms with van der Waals surface area (Å²) in [5.41, 5.74) is 2.47. The first-order valence-electron chi connectivity index (χ1n) is 9.18. The van der Waals surface area contributed by atoms with Gasteiger partial charge in [-0.2, -0.15) is 5.10 Å². The standard InChI is InChI=1S/C21H24N4O/c1-24-14-20(13-23-24)19-9-11-25(15-19)21(26)22-10-8-16-6-7-17-4-2-3-5-18(17)12-16/h2-7,12-14,19H,8-11,15H2,1H3,(H,22,26). The van der Waals surface area contributed by atoms with Crippen molar-refractivity contribution in [2.45, 2.75) is 18.8 Å². The molecule has 1 atom stereocenters. The maximum Gasteiger partial charge on any atom is 0.317 e. The number of benzene rings is 2. The van der Waals surface area contributed by atoms with Crippen molar-refractivity contribution in [1.82, 2.24) is 20.0 Å². The molecule has 0 aliphatic carbocycles. The van der Waals surface area contributed by atoms with Gasteiger partial charge < -0.3 is 10.2 Å². The minimum absolute atomic E-state index is 0.0391. The number of hydrogen-bond donors (Lipinski definition) is 1. The Labute approximate surface area is 153 Å². The maximum atomic E-state index is 12.4. The highest BCUT2D eigenvalue weighted by atomic mass is 16.2. The van der Waals surface area contributed by atoms with Crippen LogP contribution in [0.3, 0.4) is 0 Å². The number of carbonyl (C=O) groups excluding carboxylic acids is 1. The topological polar surface area (TPSA) is 50.2 Å². The molecule has 1 aliphatic heterocycles. The Morgan fingerprint density at radius 3 is 2.88 bits per heavy atom. The molecule has 2 amide bonds. The van der Waals surface area contributed by atoms with Crippen LogP contribution in [0.2, 0.25) is 0 Å². The Morgan fingerprint density at radius 1 is 1.23 bits per heavy atom. The molecule has 26 heavy (non-hydrogen) atoms. The van der Waals surface area contributed by atoms with Gasteiger partial charge in [0.05, 0.1) is 6.20 Å². The predicted octanol–water partition coefficient (Wildman–Crippen LogP) is 3.31. The van der Waals surface area contributed by atoms with Crippen LogP contribution in [-0.4, -0.2) is 40.3 Å². The molecule has 5 nitrogen and oxygen atoms in total. The Morgan fingerprint density at radius 2 is 2.08 bits per heavy atom. The summed E-state index contributed by atoms with van der Waals surface area (Å²) < 4.78 is 1.82. The molecule has 0 saturated carbocycles. The van der Waals surface area contributed by atoms with E-state index in [9.17, 15) is 4.79 Å². The number of rotatable bonds is 4. The van der Waals surface area contributed by atoms with Crippen molar-refractivity contribution in [2.75, 3.05) is 19.6 Å². The van der Waals surface area contributed by atoms with E-state index >= 15 is 0 Å². The van der Waals surface area contributed by atoms with Crippen molar-refractivity contribution >= 4 is 16.8 Å². The fourth-order valence-corrected chi connectivity index (χ4v) is 3.69. The fraction of sp³-hybridized carbons (Fsp3) is 0.333. The van der Waals surface area contributed by atoms with Gasteiger partial charge in [0.25, 0.3) is 0 Å². The monoisotopic (exact) mass is 348 g/mol. The van der Waals surface area contributed by atoms with Crippen LogP contribution < -0.4 is 5.32 Å². The second-order valence-electron chi connectivity index (χ2n) is 7.04. The van der Waals surface area contributed by atoms with E-state index < -0.39 is 0 Å². The van der Waals surface area contributed by atoms with E-state index in [1.807, 2.05) is 29.0 Å².